The van der Waals surface area contributed by atoms with Crippen molar-refractivity contribution in [2.75, 3.05) is 0 Å². The summed E-state index contributed by atoms with van der Waals surface area (Å²) in [4.78, 5) is 0. The summed E-state index contributed by atoms with van der Waals surface area (Å²) in [6, 6.07) is 0. The van der Waals surface area contributed by atoms with Gasteiger partial charge in [0.1, 0.15) is 0 Å². The maximum absolute atomic E-state index is 2.32. The second kappa shape index (κ2) is 3.90. The van der Waals surface area contributed by atoms with Crippen LogP contribution in [-0.2, 0) is 0 Å². The predicted molar refractivity (Wildman–Crippen MR) is 47.8 cm³/mol. The fourth-order valence-electron chi connectivity index (χ4n) is 1.42. The second-order valence-electron chi connectivity index (χ2n) is 4.12. The first-order chi connectivity index (χ1) is 4.52. The molecule has 0 spiro atoms. The lowest BCUT2D eigenvalue weighted by Crippen LogP contribution is -2.19. The largest absolute Gasteiger partial charge is 0.0905 e. The van der Waals surface area contributed by atoms with Crippen molar-refractivity contribution in [2.24, 2.45) is 11.3 Å². The van der Waals surface area contributed by atoms with Crippen LogP contribution in [0.5, 0.6) is 0 Å². The monoisotopic (exact) mass is 141 g/mol. The normalized spacial score (nSPS) is 14.9. The van der Waals surface area contributed by atoms with Gasteiger partial charge in [0.2, 0.25) is 0 Å². The molecule has 60 valence electrons. The average Bonchev–Trinajstić information content (AvgIpc) is 1.80. The van der Waals surface area contributed by atoms with Gasteiger partial charge in [-0.15, -0.1) is 0 Å². The van der Waals surface area contributed by atoms with E-state index in [4.69, 9.17) is 0 Å². The third-order valence-corrected chi connectivity index (χ3v) is 2.24. The van der Waals surface area contributed by atoms with Gasteiger partial charge in [0.05, 0.1) is 19.8 Å². The van der Waals surface area contributed by atoms with Crippen molar-refractivity contribution in [3.05, 3.63) is 6.42 Å². The van der Waals surface area contributed by atoms with Crippen LogP contribution >= 0.6 is 0 Å². The molecular formula is C10H21+. The fraction of sp³-hybridized carbons (Fsp3) is 0.900. The van der Waals surface area contributed by atoms with Crippen LogP contribution in [0.25, 0.3) is 0 Å². The summed E-state index contributed by atoms with van der Waals surface area (Å²) >= 11 is 0. The van der Waals surface area contributed by atoms with E-state index in [0.29, 0.717) is 5.41 Å². The van der Waals surface area contributed by atoms with Gasteiger partial charge >= 0.3 is 0 Å². The molecule has 0 aromatic rings. The van der Waals surface area contributed by atoms with E-state index >= 15 is 0 Å². The molecule has 0 aliphatic heterocycles. The minimum absolute atomic E-state index is 0.487. The van der Waals surface area contributed by atoms with Crippen molar-refractivity contribution >= 4 is 0 Å². The zero-order valence-electron chi connectivity index (χ0n) is 8.07. The molecule has 1 atom stereocenters. The minimum Gasteiger partial charge on any atom is -0.0649 e. The quantitative estimate of drug-likeness (QED) is 0.526. The summed E-state index contributed by atoms with van der Waals surface area (Å²) in [5.74, 6) is 0.859. The highest BCUT2D eigenvalue weighted by Gasteiger charge is 2.24. The molecule has 0 rings (SSSR count). The minimum atomic E-state index is 0.487. The molecule has 0 nitrogen and oxygen atoms in total. The molecule has 0 fully saturated rings. The molecule has 0 aromatic heterocycles. The van der Waals surface area contributed by atoms with Gasteiger partial charge in [0, 0.05) is 5.92 Å². The van der Waals surface area contributed by atoms with E-state index in [1.54, 1.807) is 0 Å². The Morgan fingerprint density at radius 3 is 1.90 bits per heavy atom. The van der Waals surface area contributed by atoms with E-state index in [0.717, 1.165) is 5.92 Å². The van der Waals surface area contributed by atoms with Gasteiger partial charge in [0.15, 0.2) is 0 Å². The van der Waals surface area contributed by atoms with E-state index in [-0.39, 0.29) is 0 Å². The zero-order valence-corrected chi connectivity index (χ0v) is 8.07. The van der Waals surface area contributed by atoms with E-state index < -0.39 is 0 Å². The molecule has 0 saturated carbocycles. The average molecular weight is 141 g/mol. The second-order valence-corrected chi connectivity index (χ2v) is 4.12. The van der Waals surface area contributed by atoms with Gasteiger partial charge in [-0.25, -0.2) is 0 Å². The first-order valence-electron chi connectivity index (χ1n) is 4.30. The lowest BCUT2D eigenvalue weighted by atomic mass is 9.77. The highest BCUT2D eigenvalue weighted by Crippen LogP contribution is 2.31. The summed E-state index contributed by atoms with van der Waals surface area (Å²) in [5.41, 5.74) is 0.487. The molecule has 0 N–H and O–H groups in total. The van der Waals surface area contributed by atoms with Crippen LogP contribution < -0.4 is 0 Å². The predicted octanol–water partition coefficient (Wildman–Crippen LogP) is 3.67. The summed E-state index contributed by atoms with van der Waals surface area (Å²) in [7, 11) is 0. The van der Waals surface area contributed by atoms with Gasteiger partial charge in [0.25, 0.3) is 0 Å². The molecule has 0 amide bonds. The van der Waals surface area contributed by atoms with Crippen LogP contribution in [0.2, 0.25) is 0 Å². The molecule has 0 aromatic carbocycles. The van der Waals surface area contributed by atoms with Gasteiger partial charge in [-0.1, -0.05) is 27.7 Å². The summed E-state index contributed by atoms with van der Waals surface area (Å²) in [6.45, 7) is 11.4. The van der Waals surface area contributed by atoms with Crippen LogP contribution in [-0.4, -0.2) is 0 Å². The molecule has 0 bridgehead atoms. The lowest BCUT2D eigenvalue weighted by molar-refractivity contribution is 0.230. The number of hydrogen-bond donors (Lipinski definition) is 0. The Bertz CT molecular complexity index is 76.5. The van der Waals surface area contributed by atoms with Crippen LogP contribution in [0, 0.1) is 17.8 Å². The van der Waals surface area contributed by atoms with E-state index in [1.165, 1.54) is 12.8 Å². The van der Waals surface area contributed by atoms with Crippen molar-refractivity contribution < 1.29 is 0 Å². The number of rotatable bonds is 3. The van der Waals surface area contributed by atoms with E-state index in [9.17, 15) is 0 Å². The molecule has 0 radical (unpaired) electrons. The summed E-state index contributed by atoms with van der Waals surface area (Å²) in [5, 5.41) is 0. The Labute approximate surface area is 66.0 Å². The van der Waals surface area contributed by atoms with Crippen LogP contribution in [0.4, 0.5) is 0 Å². The molecule has 0 heteroatoms. The van der Waals surface area contributed by atoms with E-state index in [2.05, 4.69) is 41.0 Å². The van der Waals surface area contributed by atoms with Crippen molar-refractivity contribution in [2.45, 2.75) is 47.5 Å². The van der Waals surface area contributed by atoms with Crippen LogP contribution in [0.3, 0.4) is 0 Å². The third-order valence-electron chi connectivity index (χ3n) is 2.24. The Balaban J connectivity index is 3.81. The number of hydrogen-bond acceptors (Lipinski definition) is 0. The molecule has 0 saturated heterocycles. The van der Waals surface area contributed by atoms with Crippen molar-refractivity contribution in [1.82, 2.24) is 0 Å². The molecular weight excluding hydrogens is 120 g/mol. The van der Waals surface area contributed by atoms with Gasteiger partial charge in [-0.05, 0) is 11.8 Å². The topological polar surface area (TPSA) is 0 Å². The molecule has 0 heterocycles. The smallest absolute Gasteiger partial charge is 0.0649 e. The Hall–Kier alpha value is -0.130. The lowest BCUT2D eigenvalue weighted by Gasteiger charge is -2.26. The fourth-order valence-corrected chi connectivity index (χ4v) is 1.42. The van der Waals surface area contributed by atoms with Gasteiger partial charge < -0.3 is 0 Å². The highest BCUT2D eigenvalue weighted by molar-refractivity contribution is 4.76. The van der Waals surface area contributed by atoms with Gasteiger partial charge in [-0.2, -0.15) is 0 Å². The van der Waals surface area contributed by atoms with Crippen LogP contribution in [0.15, 0.2) is 0 Å². The van der Waals surface area contributed by atoms with Crippen molar-refractivity contribution in [1.29, 1.82) is 0 Å². The summed E-state index contributed by atoms with van der Waals surface area (Å²) < 4.78 is 0. The Kier molecular flexibility index (Phi) is 3.85. The maximum Gasteiger partial charge on any atom is 0.0905 e. The molecule has 0 aliphatic carbocycles. The summed E-state index contributed by atoms with van der Waals surface area (Å²) in [6.07, 6.45) is 4.84. The Morgan fingerprint density at radius 2 is 1.80 bits per heavy atom. The van der Waals surface area contributed by atoms with Crippen molar-refractivity contribution in [3.8, 4) is 0 Å². The first-order valence-corrected chi connectivity index (χ1v) is 4.30. The molecule has 0 aliphatic rings. The SMILES string of the molecule is C[CH+]CC(CC)C(C)(C)C. The first kappa shape index (κ1) is 9.87. The van der Waals surface area contributed by atoms with E-state index in [1.807, 2.05) is 0 Å². The van der Waals surface area contributed by atoms with Gasteiger partial charge in [-0.3, -0.25) is 0 Å². The van der Waals surface area contributed by atoms with Crippen molar-refractivity contribution in [3.63, 3.8) is 0 Å². The zero-order chi connectivity index (χ0) is 8.20. The molecule has 1 unspecified atom stereocenters. The van der Waals surface area contributed by atoms with Crippen LogP contribution in [0.1, 0.15) is 47.5 Å². The third kappa shape index (κ3) is 3.14. The highest BCUT2D eigenvalue weighted by atomic mass is 14.3. The Morgan fingerprint density at radius 1 is 1.30 bits per heavy atom. The molecule has 10 heavy (non-hydrogen) atoms. The maximum atomic E-state index is 2.32. The standard InChI is InChI=1S/C10H21/c1-6-8-9(7-2)10(3,4)5/h6,9H,7-8H2,1-5H3/q+1.